The fourth-order valence-corrected chi connectivity index (χ4v) is 2.62. The van der Waals surface area contributed by atoms with E-state index in [1.54, 1.807) is 6.07 Å². The predicted molar refractivity (Wildman–Crippen MR) is 76.2 cm³/mol. The Kier molecular flexibility index (Phi) is 6.30. The maximum Gasteiger partial charge on any atom is 0.416 e. The monoisotopic (exact) mass is 308 g/mol. The molecule has 0 aliphatic carbocycles. The molecule has 1 aliphatic heterocycles. The highest BCUT2D eigenvalue weighted by atomic mass is 35.5. The van der Waals surface area contributed by atoms with Gasteiger partial charge in [0, 0.05) is 32.2 Å². The van der Waals surface area contributed by atoms with Gasteiger partial charge in [-0.25, -0.2) is 0 Å². The molecule has 6 heteroatoms. The van der Waals surface area contributed by atoms with Gasteiger partial charge in [0.1, 0.15) is 0 Å². The number of nitrogens with one attached hydrogen (secondary N) is 1. The Hall–Kier alpha value is -0.780. The van der Waals surface area contributed by atoms with E-state index in [1.807, 2.05) is 6.92 Å². The molecule has 1 N–H and O–H groups in total. The topological polar surface area (TPSA) is 15.3 Å². The Morgan fingerprint density at radius 3 is 2.45 bits per heavy atom. The second kappa shape index (κ2) is 7.29. The Bertz CT molecular complexity index is 417. The van der Waals surface area contributed by atoms with Gasteiger partial charge >= 0.3 is 6.18 Å². The van der Waals surface area contributed by atoms with E-state index in [2.05, 4.69) is 10.2 Å². The molecule has 1 atom stereocenters. The summed E-state index contributed by atoms with van der Waals surface area (Å²) in [6, 6.07) is 5.79. The number of nitrogens with zero attached hydrogens (tertiary/aromatic N) is 1. The van der Waals surface area contributed by atoms with E-state index in [9.17, 15) is 13.2 Å². The number of hydrogen-bond donors (Lipinski definition) is 1. The van der Waals surface area contributed by atoms with Crippen LogP contribution >= 0.6 is 12.4 Å². The maximum atomic E-state index is 12.8. The summed E-state index contributed by atoms with van der Waals surface area (Å²) in [5.41, 5.74) is 0.206. The highest BCUT2D eigenvalue weighted by Gasteiger charge is 2.31. The molecule has 1 aromatic rings. The van der Waals surface area contributed by atoms with Gasteiger partial charge in [-0.1, -0.05) is 19.1 Å². The summed E-state index contributed by atoms with van der Waals surface area (Å²) >= 11 is 0. The van der Waals surface area contributed by atoms with E-state index in [0.29, 0.717) is 0 Å². The summed E-state index contributed by atoms with van der Waals surface area (Å²) in [5.74, 6) is 0. The number of piperazine rings is 1. The summed E-state index contributed by atoms with van der Waals surface area (Å²) in [5, 5.41) is 3.26. The first kappa shape index (κ1) is 17.3. The molecule has 0 radical (unpaired) electrons. The van der Waals surface area contributed by atoms with Crippen LogP contribution in [0.3, 0.4) is 0 Å². The van der Waals surface area contributed by atoms with E-state index in [1.165, 1.54) is 12.1 Å². The second-order valence-corrected chi connectivity index (χ2v) is 4.83. The minimum atomic E-state index is -4.27. The molecule has 0 saturated carbocycles. The van der Waals surface area contributed by atoms with Gasteiger partial charge in [0.2, 0.25) is 0 Å². The van der Waals surface area contributed by atoms with Crippen molar-refractivity contribution in [1.29, 1.82) is 0 Å². The Balaban J connectivity index is 0.00000200. The van der Waals surface area contributed by atoms with E-state index >= 15 is 0 Å². The smallest absolute Gasteiger partial charge is 0.314 e. The van der Waals surface area contributed by atoms with Gasteiger partial charge in [0.25, 0.3) is 0 Å². The molecular formula is C14H20ClF3N2. The number of benzene rings is 1. The highest BCUT2D eigenvalue weighted by molar-refractivity contribution is 5.85. The quantitative estimate of drug-likeness (QED) is 0.919. The lowest BCUT2D eigenvalue weighted by molar-refractivity contribution is -0.137. The van der Waals surface area contributed by atoms with Gasteiger partial charge in [-0.15, -0.1) is 12.4 Å². The van der Waals surface area contributed by atoms with Crippen LogP contribution in [0.1, 0.15) is 30.5 Å². The lowest BCUT2D eigenvalue weighted by Gasteiger charge is -2.35. The summed E-state index contributed by atoms with van der Waals surface area (Å²) < 4.78 is 38.3. The van der Waals surface area contributed by atoms with Gasteiger partial charge in [-0.2, -0.15) is 13.2 Å². The number of rotatable bonds is 3. The molecule has 1 heterocycles. The van der Waals surface area contributed by atoms with Gasteiger partial charge in [-0.05, 0) is 24.1 Å². The molecule has 0 unspecified atom stereocenters. The third-order valence-corrected chi connectivity index (χ3v) is 3.58. The summed E-state index contributed by atoms with van der Waals surface area (Å²) in [6.07, 6.45) is -3.45. The van der Waals surface area contributed by atoms with Crippen LogP contribution in [-0.4, -0.2) is 31.1 Å². The Morgan fingerprint density at radius 1 is 1.25 bits per heavy atom. The second-order valence-electron chi connectivity index (χ2n) is 4.83. The van der Waals surface area contributed by atoms with Crippen LogP contribution in [0.25, 0.3) is 0 Å². The van der Waals surface area contributed by atoms with Crippen LogP contribution in [0.4, 0.5) is 13.2 Å². The average molecular weight is 309 g/mol. The van der Waals surface area contributed by atoms with Crippen LogP contribution in [0.5, 0.6) is 0 Å². The molecule has 0 amide bonds. The molecule has 2 rings (SSSR count). The van der Waals surface area contributed by atoms with Crippen molar-refractivity contribution in [2.75, 3.05) is 26.2 Å². The maximum absolute atomic E-state index is 12.8. The molecule has 2 nitrogen and oxygen atoms in total. The number of halogens is 4. The minimum Gasteiger partial charge on any atom is -0.314 e. The van der Waals surface area contributed by atoms with E-state index in [-0.39, 0.29) is 18.4 Å². The van der Waals surface area contributed by atoms with E-state index in [4.69, 9.17) is 0 Å². The van der Waals surface area contributed by atoms with Crippen LogP contribution in [0.15, 0.2) is 24.3 Å². The van der Waals surface area contributed by atoms with Crippen molar-refractivity contribution < 1.29 is 13.2 Å². The summed E-state index contributed by atoms with van der Waals surface area (Å²) in [4.78, 5) is 2.26. The van der Waals surface area contributed by atoms with Crippen molar-refractivity contribution in [3.8, 4) is 0 Å². The molecule has 20 heavy (non-hydrogen) atoms. The highest BCUT2D eigenvalue weighted by Crippen LogP contribution is 2.32. The van der Waals surface area contributed by atoms with Gasteiger partial charge < -0.3 is 5.32 Å². The third kappa shape index (κ3) is 4.11. The molecule has 1 aromatic carbocycles. The van der Waals surface area contributed by atoms with Crippen molar-refractivity contribution in [2.45, 2.75) is 25.6 Å². The summed E-state index contributed by atoms with van der Waals surface area (Å²) in [7, 11) is 0. The zero-order valence-corrected chi connectivity index (χ0v) is 12.2. The van der Waals surface area contributed by atoms with E-state index in [0.717, 1.165) is 44.2 Å². The van der Waals surface area contributed by atoms with Crippen molar-refractivity contribution >= 4 is 12.4 Å². The Morgan fingerprint density at radius 2 is 1.90 bits per heavy atom. The van der Waals surface area contributed by atoms with Crippen LogP contribution < -0.4 is 5.32 Å². The molecule has 0 spiro atoms. The van der Waals surface area contributed by atoms with Gasteiger partial charge in [-0.3, -0.25) is 4.90 Å². The molecule has 0 aromatic heterocycles. The van der Waals surface area contributed by atoms with Crippen molar-refractivity contribution in [1.82, 2.24) is 10.2 Å². The van der Waals surface area contributed by atoms with Crippen LogP contribution in [0, 0.1) is 0 Å². The summed E-state index contributed by atoms with van der Waals surface area (Å²) in [6.45, 7) is 5.58. The normalized spacial score (nSPS) is 18.4. The fourth-order valence-electron chi connectivity index (χ4n) is 2.62. The van der Waals surface area contributed by atoms with Crippen molar-refractivity contribution in [3.63, 3.8) is 0 Å². The molecule has 1 aliphatic rings. The number of alkyl halides is 3. The lowest BCUT2D eigenvalue weighted by Crippen LogP contribution is -2.45. The van der Waals surface area contributed by atoms with Gasteiger partial charge in [0.05, 0.1) is 5.56 Å². The van der Waals surface area contributed by atoms with Gasteiger partial charge in [0.15, 0.2) is 0 Å². The molecule has 1 fully saturated rings. The van der Waals surface area contributed by atoms with Crippen molar-refractivity contribution in [2.24, 2.45) is 0 Å². The first-order valence-corrected chi connectivity index (χ1v) is 6.64. The fraction of sp³-hybridized carbons (Fsp3) is 0.571. The largest absolute Gasteiger partial charge is 0.416 e. The first-order chi connectivity index (χ1) is 9.02. The SMILES string of the molecule is CC[C@@H](c1cccc(C(F)(F)F)c1)N1CCNCC1.Cl. The molecule has 114 valence electrons. The first-order valence-electron chi connectivity index (χ1n) is 6.64. The lowest BCUT2D eigenvalue weighted by atomic mass is 9.99. The van der Waals surface area contributed by atoms with E-state index < -0.39 is 11.7 Å². The minimum absolute atomic E-state index is 0. The number of hydrogen-bond acceptors (Lipinski definition) is 2. The third-order valence-electron chi connectivity index (χ3n) is 3.58. The van der Waals surface area contributed by atoms with Crippen molar-refractivity contribution in [3.05, 3.63) is 35.4 Å². The van der Waals surface area contributed by atoms with Crippen LogP contribution in [0.2, 0.25) is 0 Å². The molecular weight excluding hydrogens is 289 g/mol. The standard InChI is InChI=1S/C14H19F3N2.ClH/c1-2-13(19-8-6-18-7-9-19)11-4-3-5-12(10-11)14(15,16)17;/h3-5,10,13,18H,2,6-9H2,1H3;1H/t13-;/m0./s1. The van der Waals surface area contributed by atoms with Crippen LogP contribution in [-0.2, 0) is 6.18 Å². The average Bonchev–Trinajstić information content (AvgIpc) is 2.40. The molecule has 0 bridgehead atoms. The Labute approximate surface area is 123 Å². The zero-order chi connectivity index (χ0) is 13.9. The predicted octanol–water partition coefficient (Wildman–Crippen LogP) is 3.48. The zero-order valence-electron chi connectivity index (χ0n) is 11.4. The molecule has 1 saturated heterocycles.